The zero-order chi connectivity index (χ0) is 24.2. The number of carbonyl (C=O) groups excluding carboxylic acids is 2. The zero-order valence-electron chi connectivity index (χ0n) is 20.0. The van der Waals surface area contributed by atoms with Crippen LogP contribution in [0.5, 0.6) is 17.2 Å². The fraction of sp³-hybridized carbons (Fsp3) is 0.500. The number of fused-ring (bicyclic) bond motifs is 1. The van der Waals surface area contributed by atoms with E-state index in [-0.39, 0.29) is 17.8 Å². The van der Waals surface area contributed by atoms with Gasteiger partial charge in [-0.2, -0.15) is 0 Å². The lowest BCUT2D eigenvalue weighted by Gasteiger charge is -2.34. The normalized spacial score (nSPS) is 17.8. The Balaban J connectivity index is 1.55. The minimum absolute atomic E-state index is 0.0127. The number of ether oxygens (including phenoxy) is 4. The van der Waals surface area contributed by atoms with Gasteiger partial charge in [0, 0.05) is 38.8 Å². The number of rotatable bonds is 6. The highest BCUT2D eigenvalue weighted by Crippen LogP contribution is 2.42. The fourth-order valence-electron chi connectivity index (χ4n) is 4.46. The molecule has 1 unspecified atom stereocenters. The summed E-state index contributed by atoms with van der Waals surface area (Å²) < 4.78 is 21.5. The lowest BCUT2D eigenvalue weighted by Crippen LogP contribution is -2.49. The second-order valence-electron chi connectivity index (χ2n) is 8.19. The van der Waals surface area contributed by atoms with Gasteiger partial charge < -0.3 is 28.7 Å². The van der Waals surface area contributed by atoms with Crippen molar-refractivity contribution in [3.05, 3.63) is 35.2 Å². The summed E-state index contributed by atoms with van der Waals surface area (Å²) in [6.07, 6.45) is 2.28. The Bertz CT molecular complexity index is 1040. The van der Waals surface area contributed by atoms with Crippen LogP contribution in [0.4, 0.5) is 10.7 Å². The molecule has 1 aromatic heterocycles. The Kier molecular flexibility index (Phi) is 7.04. The predicted molar refractivity (Wildman–Crippen MR) is 124 cm³/mol. The Morgan fingerprint density at radius 3 is 2.29 bits per heavy atom. The number of hydrogen-bond donors (Lipinski definition) is 0. The molecule has 2 aliphatic rings. The minimum Gasteiger partial charge on any atom is -0.493 e. The number of Topliss-reactive ketones (excluding diaryl/α,β-unsaturated/α-hetero) is 1. The molecule has 2 aromatic rings. The number of amides is 1. The van der Waals surface area contributed by atoms with E-state index in [1.54, 1.807) is 39.3 Å². The first-order valence-electron chi connectivity index (χ1n) is 11.3. The van der Waals surface area contributed by atoms with E-state index in [9.17, 15) is 9.59 Å². The van der Waals surface area contributed by atoms with E-state index in [0.717, 1.165) is 11.3 Å². The number of methoxy groups -OCH3 is 3. The van der Waals surface area contributed by atoms with Crippen LogP contribution >= 0.6 is 0 Å². The highest BCUT2D eigenvalue weighted by atomic mass is 16.6. The van der Waals surface area contributed by atoms with Crippen molar-refractivity contribution >= 4 is 17.8 Å². The van der Waals surface area contributed by atoms with Gasteiger partial charge in [-0.25, -0.2) is 14.8 Å². The second-order valence-corrected chi connectivity index (χ2v) is 8.19. The minimum atomic E-state index is -0.299. The number of piperazine rings is 1. The van der Waals surface area contributed by atoms with Gasteiger partial charge in [-0.1, -0.05) is 0 Å². The number of carbonyl (C=O) groups is 2. The molecule has 0 spiro atoms. The van der Waals surface area contributed by atoms with Gasteiger partial charge in [-0.15, -0.1) is 0 Å². The van der Waals surface area contributed by atoms with Crippen LogP contribution in [0.25, 0.3) is 0 Å². The molecule has 1 aliphatic carbocycles. The summed E-state index contributed by atoms with van der Waals surface area (Å²) in [6, 6.07) is 3.78. The number of anilines is 1. The topological polar surface area (TPSA) is 103 Å². The molecule has 4 rings (SSSR count). The molecular formula is C24H30N4O6. The van der Waals surface area contributed by atoms with Gasteiger partial charge in [0.15, 0.2) is 17.3 Å². The third-order valence-corrected chi connectivity index (χ3v) is 6.27. The molecule has 0 saturated carbocycles. The smallest absolute Gasteiger partial charge is 0.409 e. The molecule has 10 nitrogen and oxygen atoms in total. The van der Waals surface area contributed by atoms with Crippen molar-refractivity contribution in [3.63, 3.8) is 0 Å². The molecular weight excluding hydrogens is 440 g/mol. The number of aromatic nitrogens is 2. The lowest BCUT2D eigenvalue weighted by molar-refractivity contribution is 0.0961. The first-order chi connectivity index (χ1) is 16.5. The first kappa shape index (κ1) is 23.6. The maximum atomic E-state index is 12.9. The van der Waals surface area contributed by atoms with Crippen LogP contribution < -0.4 is 19.1 Å². The van der Waals surface area contributed by atoms with Gasteiger partial charge in [-0.3, -0.25) is 4.79 Å². The van der Waals surface area contributed by atoms with E-state index >= 15 is 0 Å². The summed E-state index contributed by atoms with van der Waals surface area (Å²) in [5.74, 6) is 2.13. The molecule has 1 aromatic carbocycles. The average Bonchev–Trinajstić information content (AvgIpc) is 2.87. The first-order valence-corrected chi connectivity index (χ1v) is 11.3. The molecule has 0 bridgehead atoms. The van der Waals surface area contributed by atoms with E-state index in [4.69, 9.17) is 23.9 Å². The van der Waals surface area contributed by atoms with E-state index in [0.29, 0.717) is 74.4 Å². The highest BCUT2D eigenvalue weighted by molar-refractivity contribution is 5.98. The van der Waals surface area contributed by atoms with Crippen molar-refractivity contribution in [2.75, 3.05) is 59.0 Å². The van der Waals surface area contributed by atoms with Gasteiger partial charge in [0.2, 0.25) is 11.7 Å². The summed E-state index contributed by atoms with van der Waals surface area (Å²) in [5, 5.41) is 0. The second kappa shape index (κ2) is 10.1. The van der Waals surface area contributed by atoms with Crippen molar-refractivity contribution in [2.24, 2.45) is 0 Å². The summed E-state index contributed by atoms with van der Waals surface area (Å²) in [5.41, 5.74) is 2.22. The monoisotopic (exact) mass is 470 g/mol. The van der Waals surface area contributed by atoms with Crippen molar-refractivity contribution in [2.45, 2.75) is 25.7 Å². The maximum Gasteiger partial charge on any atom is 0.409 e. The summed E-state index contributed by atoms with van der Waals surface area (Å²) >= 11 is 0. The molecule has 182 valence electrons. The lowest BCUT2D eigenvalue weighted by atomic mass is 9.82. The van der Waals surface area contributed by atoms with Crippen LogP contribution in [0.3, 0.4) is 0 Å². The Morgan fingerprint density at radius 1 is 1.03 bits per heavy atom. The van der Waals surface area contributed by atoms with Crippen molar-refractivity contribution in [1.29, 1.82) is 0 Å². The molecule has 34 heavy (non-hydrogen) atoms. The van der Waals surface area contributed by atoms with E-state index in [1.165, 1.54) is 0 Å². The van der Waals surface area contributed by atoms with Crippen LogP contribution in [0.1, 0.15) is 40.9 Å². The quantitative estimate of drug-likeness (QED) is 0.630. The molecule has 1 saturated heterocycles. The molecule has 0 N–H and O–H groups in total. The number of ketones is 1. The van der Waals surface area contributed by atoms with Crippen molar-refractivity contribution in [3.8, 4) is 17.2 Å². The maximum absolute atomic E-state index is 12.9. The van der Waals surface area contributed by atoms with Gasteiger partial charge in [0.05, 0.1) is 39.2 Å². The Morgan fingerprint density at radius 2 is 1.71 bits per heavy atom. The summed E-state index contributed by atoms with van der Waals surface area (Å²) in [6.45, 7) is 4.41. The summed E-state index contributed by atoms with van der Waals surface area (Å²) in [4.78, 5) is 37.8. The van der Waals surface area contributed by atoms with Crippen LogP contribution in [-0.2, 0) is 11.2 Å². The van der Waals surface area contributed by atoms with Crippen molar-refractivity contribution in [1.82, 2.24) is 14.9 Å². The predicted octanol–water partition coefficient (Wildman–Crippen LogP) is 2.69. The highest BCUT2D eigenvalue weighted by Gasteiger charge is 2.31. The van der Waals surface area contributed by atoms with E-state index in [1.807, 2.05) is 17.0 Å². The van der Waals surface area contributed by atoms with Gasteiger partial charge in [0.1, 0.15) is 0 Å². The largest absolute Gasteiger partial charge is 0.493 e. The number of benzene rings is 1. The van der Waals surface area contributed by atoms with Crippen LogP contribution in [0, 0.1) is 0 Å². The Hall–Kier alpha value is -3.56. The molecule has 1 fully saturated rings. The molecule has 2 heterocycles. The number of hydrogen-bond acceptors (Lipinski definition) is 9. The third kappa shape index (κ3) is 4.57. The Labute approximate surface area is 198 Å². The molecule has 0 radical (unpaired) electrons. The molecule has 10 heteroatoms. The van der Waals surface area contributed by atoms with Crippen LogP contribution in [0.2, 0.25) is 0 Å². The average molecular weight is 471 g/mol. The SMILES string of the molecule is CCOC(=O)N1CCN(c2ncc3c(n2)CC(c2cc(OC)c(OC)c(OC)c2)CC3=O)CC1. The third-order valence-electron chi connectivity index (χ3n) is 6.27. The van der Waals surface area contributed by atoms with Gasteiger partial charge >= 0.3 is 6.09 Å². The zero-order valence-corrected chi connectivity index (χ0v) is 20.0. The molecule has 1 amide bonds. The number of nitrogens with zero attached hydrogens (tertiary/aromatic N) is 4. The van der Waals surface area contributed by atoms with Gasteiger partial charge in [0.25, 0.3) is 0 Å². The fourth-order valence-corrected chi connectivity index (χ4v) is 4.46. The molecule has 1 aliphatic heterocycles. The standard InChI is InChI=1S/C24H30N4O6/c1-5-34-24(30)28-8-6-27(7-9-28)23-25-14-17-18(26-23)10-15(11-19(17)29)16-12-20(31-2)22(33-4)21(13-16)32-3/h12-15H,5-11H2,1-4H3. The summed E-state index contributed by atoms with van der Waals surface area (Å²) in [7, 11) is 4.71. The van der Waals surface area contributed by atoms with E-state index in [2.05, 4.69) is 4.98 Å². The van der Waals surface area contributed by atoms with Crippen LogP contribution in [-0.4, -0.2) is 80.9 Å². The van der Waals surface area contributed by atoms with Gasteiger partial charge in [-0.05, 0) is 37.0 Å². The van der Waals surface area contributed by atoms with Crippen molar-refractivity contribution < 1.29 is 28.5 Å². The molecule has 1 atom stereocenters. The van der Waals surface area contributed by atoms with E-state index < -0.39 is 0 Å². The van der Waals surface area contributed by atoms with Crippen LogP contribution in [0.15, 0.2) is 18.3 Å².